The number of aliphatic hydroxyl groups is 7. The van der Waals surface area contributed by atoms with Crippen LogP contribution < -0.4 is 18.9 Å². The van der Waals surface area contributed by atoms with Gasteiger partial charge >= 0.3 is 0 Å². The van der Waals surface area contributed by atoms with Crippen molar-refractivity contribution in [2.45, 2.75) is 62.2 Å². The van der Waals surface area contributed by atoms with Crippen LogP contribution in [0.2, 0.25) is 0 Å². The van der Waals surface area contributed by atoms with Gasteiger partial charge in [0.2, 0.25) is 12.6 Å². The van der Waals surface area contributed by atoms with E-state index in [0.717, 1.165) is 0 Å². The molecule has 2 aliphatic rings. The number of ether oxygens (including phenoxy) is 6. The third kappa shape index (κ3) is 5.35. The Kier molecular flexibility index (Phi) is 8.80. The lowest BCUT2D eigenvalue weighted by molar-refractivity contribution is -0.277. The van der Waals surface area contributed by atoms with Crippen molar-refractivity contribution in [2.24, 2.45) is 0 Å². The van der Waals surface area contributed by atoms with Gasteiger partial charge in [-0.1, -0.05) is 0 Å². The van der Waals surface area contributed by atoms with E-state index in [4.69, 9.17) is 28.4 Å². The van der Waals surface area contributed by atoms with E-state index in [1.54, 1.807) is 6.07 Å². The van der Waals surface area contributed by atoms with Crippen molar-refractivity contribution < 1.29 is 69.0 Å². The molecule has 2 aromatic rings. The highest BCUT2D eigenvalue weighted by atomic mass is 16.7. The molecular formula is C25H32O14. The molecule has 0 aliphatic carbocycles. The molecule has 0 saturated carbocycles. The number of carbonyl (C=O) groups is 1. The second-order valence-corrected chi connectivity index (χ2v) is 9.20. The summed E-state index contributed by atoms with van der Waals surface area (Å²) in [4.78, 5) is 12.8. The zero-order valence-corrected chi connectivity index (χ0v) is 21.3. The van der Waals surface area contributed by atoms with Crippen LogP contribution >= 0.6 is 0 Å². The van der Waals surface area contributed by atoms with Crippen LogP contribution in [0.3, 0.4) is 0 Å². The Labute approximate surface area is 222 Å². The Bertz CT molecular complexity index is 1190. The largest absolute Gasteiger partial charge is 0.497 e. The van der Waals surface area contributed by atoms with Crippen LogP contribution in [0, 0.1) is 0 Å². The summed E-state index contributed by atoms with van der Waals surface area (Å²) in [5.74, 6) is -0.353. The highest BCUT2D eigenvalue weighted by molar-refractivity contribution is 6.08. The number of rotatable bonds is 9. The first-order chi connectivity index (χ1) is 18.6. The van der Waals surface area contributed by atoms with Gasteiger partial charge in [-0.05, 0) is 24.4 Å². The van der Waals surface area contributed by atoms with Crippen molar-refractivity contribution in [3.8, 4) is 23.0 Å². The molecule has 0 amide bonds. The number of Topliss-reactive ketones (excluding diaryl/α,β-unsaturated/α-hetero) is 1. The summed E-state index contributed by atoms with van der Waals surface area (Å²) in [6.45, 7) is 0.00708. The van der Waals surface area contributed by atoms with Gasteiger partial charge < -0.3 is 64.2 Å². The number of hydrogen-bond acceptors (Lipinski definition) is 14. The van der Waals surface area contributed by atoms with E-state index >= 15 is 0 Å². The second-order valence-electron chi connectivity index (χ2n) is 9.20. The molecule has 2 heterocycles. The third-order valence-corrected chi connectivity index (χ3v) is 6.72. The highest BCUT2D eigenvalue weighted by Gasteiger charge is 2.46. The van der Waals surface area contributed by atoms with Gasteiger partial charge in [0.05, 0.1) is 32.8 Å². The molecule has 2 aliphatic heterocycles. The number of aliphatic hydroxyl groups excluding tert-OH is 7. The molecule has 4 rings (SSSR count). The lowest BCUT2D eigenvalue weighted by atomic mass is 9.98. The fourth-order valence-corrected chi connectivity index (χ4v) is 4.64. The van der Waals surface area contributed by atoms with Crippen molar-refractivity contribution in [2.75, 3.05) is 27.4 Å². The SMILES string of the molecule is COc1cc(OC2OC(CO)C(O)C(O)C2O)c2c(OC)c(C(C)=O)c(OC3OC(CO)C(O)C3O)cc2c1. The van der Waals surface area contributed by atoms with Crippen LogP contribution in [0.15, 0.2) is 18.2 Å². The summed E-state index contributed by atoms with van der Waals surface area (Å²) < 4.78 is 33.5. The molecule has 39 heavy (non-hydrogen) atoms. The van der Waals surface area contributed by atoms with Gasteiger partial charge in [-0.25, -0.2) is 0 Å². The van der Waals surface area contributed by atoms with E-state index in [2.05, 4.69) is 0 Å². The lowest BCUT2D eigenvalue weighted by Crippen LogP contribution is -2.60. The molecule has 9 atom stereocenters. The third-order valence-electron chi connectivity index (χ3n) is 6.72. The minimum Gasteiger partial charge on any atom is -0.497 e. The number of ketones is 1. The number of hydrogen-bond donors (Lipinski definition) is 7. The molecule has 0 spiro atoms. The first kappa shape index (κ1) is 29.2. The van der Waals surface area contributed by atoms with Crippen molar-refractivity contribution in [1.82, 2.24) is 0 Å². The number of fused-ring (bicyclic) bond motifs is 1. The van der Waals surface area contributed by atoms with Crippen molar-refractivity contribution >= 4 is 16.6 Å². The molecule has 14 heteroatoms. The lowest BCUT2D eigenvalue weighted by Gasteiger charge is -2.39. The van der Waals surface area contributed by atoms with Gasteiger partial charge in [0.25, 0.3) is 0 Å². The van der Waals surface area contributed by atoms with Crippen LogP contribution in [0.25, 0.3) is 10.8 Å². The van der Waals surface area contributed by atoms with Crippen molar-refractivity contribution in [3.05, 3.63) is 23.8 Å². The van der Waals surface area contributed by atoms with Crippen LogP contribution in [0.4, 0.5) is 0 Å². The van der Waals surface area contributed by atoms with Gasteiger partial charge in [0, 0.05) is 6.07 Å². The summed E-state index contributed by atoms with van der Waals surface area (Å²) in [7, 11) is 2.68. The maximum absolute atomic E-state index is 12.8. The van der Waals surface area contributed by atoms with E-state index in [1.165, 1.54) is 33.3 Å². The minimum atomic E-state index is -1.71. The summed E-state index contributed by atoms with van der Waals surface area (Å²) in [5, 5.41) is 70.7. The van der Waals surface area contributed by atoms with Gasteiger partial charge in [-0.15, -0.1) is 0 Å². The quantitative estimate of drug-likeness (QED) is 0.167. The Morgan fingerprint density at radius 3 is 1.82 bits per heavy atom. The van der Waals surface area contributed by atoms with Gasteiger partial charge in [0.15, 0.2) is 5.78 Å². The molecule has 0 aromatic heterocycles. The fourth-order valence-electron chi connectivity index (χ4n) is 4.64. The van der Waals surface area contributed by atoms with Crippen LogP contribution in [-0.2, 0) is 9.47 Å². The van der Waals surface area contributed by atoms with Gasteiger partial charge in [0.1, 0.15) is 71.3 Å². The Morgan fingerprint density at radius 2 is 1.31 bits per heavy atom. The van der Waals surface area contributed by atoms with Gasteiger partial charge in [-0.2, -0.15) is 0 Å². The molecule has 7 N–H and O–H groups in total. The minimum absolute atomic E-state index is 0.00695. The van der Waals surface area contributed by atoms with Crippen LogP contribution in [0.1, 0.15) is 17.3 Å². The van der Waals surface area contributed by atoms with E-state index in [0.29, 0.717) is 5.39 Å². The molecule has 0 radical (unpaired) electrons. The first-order valence-corrected chi connectivity index (χ1v) is 12.1. The van der Waals surface area contributed by atoms with Crippen LogP contribution in [-0.4, -0.2) is 124 Å². The summed E-state index contributed by atoms with van der Waals surface area (Å²) in [6, 6.07) is 4.40. The number of benzene rings is 2. The van der Waals surface area contributed by atoms with E-state index < -0.39 is 74.3 Å². The zero-order chi connectivity index (χ0) is 28.6. The molecule has 2 fully saturated rings. The number of carbonyl (C=O) groups excluding carboxylic acids is 1. The van der Waals surface area contributed by atoms with Crippen molar-refractivity contribution in [1.29, 1.82) is 0 Å². The van der Waals surface area contributed by atoms with Crippen LogP contribution in [0.5, 0.6) is 23.0 Å². The highest BCUT2D eigenvalue weighted by Crippen LogP contribution is 2.45. The maximum atomic E-state index is 12.8. The normalized spacial score (nSPS) is 32.7. The second kappa shape index (κ2) is 11.8. The molecule has 14 nitrogen and oxygen atoms in total. The average molecular weight is 557 g/mol. The standard InChI is InChI=1S/C25H32O14/c1-9(28)16-12(36-24-21(32)19(30)15(8-27)39-24)5-10-4-11(34-2)6-13(17(10)23(16)35-3)37-25-22(33)20(31)18(29)14(7-26)38-25/h4-6,14-15,18-22,24-27,29-33H,7-8H2,1-3H3. The van der Waals surface area contributed by atoms with Crippen molar-refractivity contribution in [3.63, 3.8) is 0 Å². The predicted octanol–water partition coefficient (Wildman–Crippen LogP) is -1.94. The summed E-state index contributed by atoms with van der Waals surface area (Å²) >= 11 is 0. The Balaban J connectivity index is 1.82. The first-order valence-electron chi connectivity index (χ1n) is 12.1. The molecule has 9 unspecified atom stereocenters. The Morgan fingerprint density at radius 1 is 0.769 bits per heavy atom. The molecule has 216 valence electrons. The number of methoxy groups -OCH3 is 2. The predicted molar refractivity (Wildman–Crippen MR) is 130 cm³/mol. The topological polar surface area (TPSA) is 214 Å². The smallest absolute Gasteiger partial charge is 0.229 e. The molecule has 2 aromatic carbocycles. The average Bonchev–Trinajstić information content (AvgIpc) is 3.19. The van der Waals surface area contributed by atoms with E-state index in [9.17, 15) is 40.5 Å². The maximum Gasteiger partial charge on any atom is 0.229 e. The summed E-state index contributed by atoms with van der Waals surface area (Å²) in [6.07, 6.45) is -13.3. The molecule has 0 bridgehead atoms. The zero-order valence-electron chi connectivity index (χ0n) is 21.3. The summed E-state index contributed by atoms with van der Waals surface area (Å²) in [5.41, 5.74) is -0.0773. The monoisotopic (exact) mass is 556 g/mol. The van der Waals surface area contributed by atoms with E-state index in [1.807, 2.05) is 0 Å². The Hall–Kier alpha value is -2.79. The fraction of sp³-hybridized carbons (Fsp3) is 0.560. The van der Waals surface area contributed by atoms with Gasteiger partial charge in [-0.3, -0.25) is 4.79 Å². The molecular weight excluding hydrogens is 524 g/mol. The molecule has 2 saturated heterocycles. The van der Waals surface area contributed by atoms with E-state index in [-0.39, 0.29) is 33.9 Å².